The zero-order valence-electron chi connectivity index (χ0n) is 8.10. The summed E-state index contributed by atoms with van der Waals surface area (Å²) in [7, 11) is 0. The standard InChI is InChI=1S/C9H12N2O3S/c1-15-7-3-5(8(12)9(13)14)2-6(4-7)11-10/h2-4,8,11-12H,10H2,1H3,(H,13,14). The number of nitrogens with two attached hydrogens (primary N) is 1. The van der Waals surface area contributed by atoms with Gasteiger partial charge in [-0.2, -0.15) is 0 Å². The Hall–Kier alpha value is -1.24. The van der Waals surface area contributed by atoms with Crippen LogP contribution in [-0.2, 0) is 4.79 Å². The summed E-state index contributed by atoms with van der Waals surface area (Å²) >= 11 is 1.44. The number of aliphatic carboxylic acids is 1. The lowest BCUT2D eigenvalue weighted by atomic mass is 10.1. The number of carboxylic acids is 1. The predicted molar refractivity (Wildman–Crippen MR) is 58.6 cm³/mol. The van der Waals surface area contributed by atoms with E-state index in [1.165, 1.54) is 17.8 Å². The van der Waals surface area contributed by atoms with Gasteiger partial charge in [0.15, 0.2) is 6.10 Å². The minimum Gasteiger partial charge on any atom is -0.479 e. The van der Waals surface area contributed by atoms with Gasteiger partial charge in [-0.1, -0.05) is 0 Å². The second kappa shape index (κ2) is 5.01. The number of thioether (sulfide) groups is 1. The van der Waals surface area contributed by atoms with Gasteiger partial charge in [0.1, 0.15) is 0 Å². The lowest BCUT2D eigenvalue weighted by molar-refractivity contribution is -0.146. The summed E-state index contributed by atoms with van der Waals surface area (Å²) < 4.78 is 0. The lowest BCUT2D eigenvalue weighted by Crippen LogP contribution is -2.12. The number of hydrazine groups is 1. The number of carboxylic acid groups (broad SMARTS) is 1. The molecule has 0 heterocycles. The summed E-state index contributed by atoms with van der Waals surface area (Å²) in [4.78, 5) is 11.4. The number of benzene rings is 1. The molecular weight excluding hydrogens is 216 g/mol. The van der Waals surface area contributed by atoms with E-state index in [0.717, 1.165) is 4.90 Å². The van der Waals surface area contributed by atoms with Crippen LogP contribution in [0.5, 0.6) is 0 Å². The van der Waals surface area contributed by atoms with E-state index in [4.69, 9.17) is 10.9 Å². The van der Waals surface area contributed by atoms with Crippen LogP contribution in [-0.4, -0.2) is 22.4 Å². The zero-order valence-corrected chi connectivity index (χ0v) is 8.91. The van der Waals surface area contributed by atoms with Crippen molar-refractivity contribution in [3.63, 3.8) is 0 Å². The molecule has 0 aliphatic rings. The van der Waals surface area contributed by atoms with Crippen LogP contribution in [0.1, 0.15) is 11.7 Å². The maximum atomic E-state index is 10.6. The second-order valence-electron chi connectivity index (χ2n) is 2.88. The molecule has 0 saturated carbocycles. The van der Waals surface area contributed by atoms with Crippen molar-refractivity contribution in [2.75, 3.05) is 11.7 Å². The highest BCUT2D eigenvalue weighted by molar-refractivity contribution is 7.98. The van der Waals surface area contributed by atoms with Crippen molar-refractivity contribution in [2.24, 2.45) is 5.84 Å². The summed E-state index contributed by atoms with van der Waals surface area (Å²) in [5, 5.41) is 18.0. The Morgan fingerprint density at radius 1 is 1.53 bits per heavy atom. The second-order valence-corrected chi connectivity index (χ2v) is 3.76. The summed E-state index contributed by atoms with van der Waals surface area (Å²) in [5.74, 6) is 3.95. The average Bonchev–Trinajstić information content (AvgIpc) is 2.27. The van der Waals surface area contributed by atoms with Gasteiger partial charge in [-0.3, -0.25) is 5.84 Å². The van der Waals surface area contributed by atoms with Crippen molar-refractivity contribution >= 4 is 23.4 Å². The van der Waals surface area contributed by atoms with Crippen LogP contribution < -0.4 is 11.3 Å². The molecule has 5 N–H and O–H groups in total. The molecule has 0 aliphatic carbocycles. The first-order valence-electron chi connectivity index (χ1n) is 4.15. The minimum absolute atomic E-state index is 0.308. The number of anilines is 1. The van der Waals surface area contributed by atoms with E-state index in [9.17, 15) is 9.90 Å². The van der Waals surface area contributed by atoms with Gasteiger partial charge in [0.2, 0.25) is 0 Å². The van der Waals surface area contributed by atoms with Crippen LogP contribution in [0.25, 0.3) is 0 Å². The highest BCUT2D eigenvalue weighted by Crippen LogP contribution is 2.25. The molecule has 5 nitrogen and oxygen atoms in total. The Labute approximate surface area is 91.3 Å². The largest absolute Gasteiger partial charge is 0.479 e. The van der Waals surface area contributed by atoms with Gasteiger partial charge in [-0.25, -0.2) is 4.79 Å². The highest BCUT2D eigenvalue weighted by atomic mass is 32.2. The summed E-state index contributed by atoms with van der Waals surface area (Å²) in [5.41, 5.74) is 3.29. The molecule has 0 radical (unpaired) electrons. The van der Waals surface area contributed by atoms with Gasteiger partial charge in [-0.05, 0) is 30.0 Å². The third-order valence-corrected chi connectivity index (χ3v) is 2.59. The Balaban J connectivity index is 3.11. The summed E-state index contributed by atoms with van der Waals surface area (Å²) in [6.45, 7) is 0. The van der Waals surface area contributed by atoms with Crippen molar-refractivity contribution in [2.45, 2.75) is 11.0 Å². The molecule has 0 aromatic heterocycles. The third kappa shape index (κ3) is 2.85. The van der Waals surface area contributed by atoms with Crippen LogP contribution in [0.4, 0.5) is 5.69 Å². The van der Waals surface area contributed by atoms with Crippen LogP contribution in [0, 0.1) is 0 Å². The number of rotatable bonds is 4. The number of aliphatic hydroxyl groups is 1. The molecule has 82 valence electrons. The molecule has 0 amide bonds. The minimum atomic E-state index is -1.52. The van der Waals surface area contributed by atoms with Crippen molar-refractivity contribution in [1.29, 1.82) is 0 Å². The van der Waals surface area contributed by atoms with Gasteiger partial charge in [0, 0.05) is 10.6 Å². The molecule has 0 saturated heterocycles. The molecule has 0 fully saturated rings. The third-order valence-electron chi connectivity index (χ3n) is 1.88. The molecular formula is C9H12N2O3S. The maximum absolute atomic E-state index is 10.6. The molecule has 0 aliphatic heterocycles. The Kier molecular flexibility index (Phi) is 3.96. The number of hydrogen-bond acceptors (Lipinski definition) is 5. The van der Waals surface area contributed by atoms with E-state index < -0.39 is 12.1 Å². The monoisotopic (exact) mass is 228 g/mol. The highest BCUT2D eigenvalue weighted by Gasteiger charge is 2.16. The molecule has 0 spiro atoms. The van der Waals surface area contributed by atoms with E-state index in [1.807, 2.05) is 6.26 Å². The van der Waals surface area contributed by atoms with Crippen LogP contribution in [0.15, 0.2) is 23.1 Å². The quantitative estimate of drug-likeness (QED) is 0.346. The first-order chi connectivity index (χ1) is 7.08. The van der Waals surface area contributed by atoms with E-state index in [1.54, 1.807) is 12.1 Å². The topological polar surface area (TPSA) is 95.6 Å². The number of aliphatic hydroxyl groups excluding tert-OH is 1. The molecule has 1 aromatic carbocycles. The van der Waals surface area contributed by atoms with Crippen molar-refractivity contribution < 1.29 is 15.0 Å². The van der Waals surface area contributed by atoms with Gasteiger partial charge in [0.25, 0.3) is 0 Å². The molecule has 0 bridgehead atoms. The zero-order chi connectivity index (χ0) is 11.4. The first-order valence-corrected chi connectivity index (χ1v) is 5.37. The Morgan fingerprint density at radius 3 is 2.67 bits per heavy atom. The average molecular weight is 228 g/mol. The number of nitrogens with one attached hydrogen (secondary N) is 1. The number of carbonyl (C=O) groups is 1. The van der Waals surface area contributed by atoms with Crippen LogP contribution in [0.2, 0.25) is 0 Å². The fourth-order valence-electron chi connectivity index (χ4n) is 1.12. The number of nitrogen functional groups attached to an aromatic ring is 1. The van der Waals surface area contributed by atoms with Crippen molar-refractivity contribution in [3.8, 4) is 0 Å². The van der Waals surface area contributed by atoms with E-state index in [-0.39, 0.29) is 0 Å². The SMILES string of the molecule is CSc1cc(NN)cc(C(O)C(=O)O)c1. The Bertz CT molecular complexity index is 348. The van der Waals surface area contributed by atoms with Crippen LogP contribution >= 0.6 is 11.8 Å². The molecule has 15 heavy (non-hydrogen) atoms. The molecule has 6 heteroatoms. The maximum Gasteiger partial charge on any atom is 0.337 e. The molecule has 1 aromatic rings. The molecule has 1 atom stereocenters. The first kappa shape index (κ1) is 11.8. The number of hydrogen-bond donors (Lipinski definition) is 4. The van der Waals surface area contributed by atoms with Gasteiger partial charge >= 0.3 is 5.97 Å². The Morgan fingerprint density at radius 2 is 2.20 bits per heavy atom. The lowest BCUT2D eigenvalue weighted by Gasteiger charge is -2.10. The summed E-state index contributed by atoms with van der Waals surface area (Å²) in [6, 6.07) is 4.88. The normalized spacial score (nSPS) is 12.2. The van der Waals surface area contributed by atoms with E-state index >= 15 is 0 Å². The predicted octanol–water partition coefficient (Wildman–Crippen LogP) is 0.812. The molecule has 1 unspecified atom stereocenters. The van der Waals surface area contributed by atoms with Gasteiger partial charge in [-0.15, -0.1) is 11.8 Å². The smallest absolute Gasteiger partial charge is 0.337 e. The molecule has 1 rings (SSSR count). The van der Waals surface area contributed by atoms with E-state index in [0.29, 0.717) is 11.3 Å². The fourth-order valence-corrected chi connectivity index (χ4v) is 1.62. The van der Waals surface area contributed by atoms with E-state index in [2.05, 4.69) is 5.43 Å². The van der Waals surface area contributed by atoms with Crippen molar-refractivity contribution in [3.05, 3.63) is 23.8 Å². The van der Waals surface area contributed by atoms with Gasteiger partial charge < -0.3 is 15.6 Å². The fraction of sp³-hybridized carbons (Fsp3) is 0.222. The van der Waals surface area contributed by atoms with Crippen molar-refractivity contribution in [1.82, 2.24) is 0 Å². The summed E-state index contributed by atoms with van der Waals surface area (Å²) in [6.07, 6.45) is 0.330. The van der Waals surface area contributed by atoms with Gasteiger partial charge in [0.05, 0.1) is 0 Å². The van der Waals surface area contributed by atoms with Crippen LogP contribution in [0.3, 0.4) is 0 Å².